The molecule has 2 fully saturated rings. The number of fused-ring (bicyclic) bond motifs is 1. The van der Waals surface area contributed by atoms with Gasteiger partial charge in [-0.3, -0.25) is 9.98 Å². The van der Waals surface area contributed by atoms with E-state index in [0.29, 0.717) is 6.61 Å². The van der Waals surface area contributed by atoms with Crippen molar-refractivity contribution in [1.82, 2.24) is 0 Å². The fourth-order valence-electron chi connectivity index (χ4n) is 5.99. The Morgan fingerprint density at radius 1 is 0.725 bits per heavy atom. The van der Waals surface area contributed by atoms with Crippen LogP contribution in [0.25, 0.3) is 0 Å². The molecule has 3 aromatic rings. The van der Waals surface area contributed by atoms with Gasteiger partial charge in [-0.1, -0.05) is 65.7 Å². The van der Waals surface area contributed by atoms with Gasteiger partial charge in [-0.15, -0.1) is 0 Å². The molecule has 1 unspecified atom stereocenters. The highest BCUT2D eigenvalue weighted by atomic mass is 16.7. The van der Waals surface area contributed by atoms with Gasteiger partial charge in [-0.2, -0.15) is 0 Å². The summed E-state index contributed by atoms with van der Waals surface area (Å²) in [4.78, 5) is 10.3. The van der Waals surface area contributed by atoms with Crippen molar-refractivity contribution in [1.29, 1.82) is 0 Å². The Hall–Kier alpha value is -3.16. The molecule has 0 radical (unpaired) electrons. The third-order valence-corrected chi connectivity index (χ3v) is 7.86. The van der Waals surface area contributed by atoms with E-state index in [9.17, 15) is 0 Å². The van der Waals surface area contributed by atoms with Gasteiger partial charge in [-0.05, 0) is 74.9 Å². The summed E-state index contributed by atoms with van der Waals surface area (Å²) in [5.74, 6) is 0. The van der Waals surface area contributed by atoms with Crippen molar-refractivity contribution in [2.24, 2.45) is 9.98 Å². The maximum absolute atomic E-state index is 6.60. The van der Waals surface area contributed by atoms with Gasteiger partial charge in [0.25, 0.3) is 0 Å². The second-order valence-electron chi connectivity index (χ2n) is 11.1. The van der Waals surface area contributed by atoms with Gasteiger partial charge >= 0.3 is 0 Å². The maximum atomic E-state index is 6.60. The van der Waals surface area contributed by atoms with Gasteiger partial charge in [0, 0.05) is 25.1 Å². The number of nitrogens with zero attached hydrogens (tertiary/aromatic N) is 2. The van der Waals surface area contributed by atoms with Gasteiger partial charge in [-0.25, -0.2) is 0 Å². The van der Waals surface area contributed by atoms with Crippen LogP contribution < -0.4 is 0 Å². The lowest BCUT2D eigenvalue weighted by atomic mass is 9.93. The predicted octanol–water partition coefficient (Wildman–Crippen LogP) is 6.30. The first-order valence-corrected chi connectivity index (χ1v) is 14.0. The summed E-state index contributed by atoms with van der Waals surface area (Å²) < 4.78 is 25.0. The van der Waals surface area contributed by atoms with Gasteiger partial charge < -0.3 is 18.9 Å². The Balaban J connectivity index is 1.55. The van der Waals surface area contributed by atoms with Crippen LogP contribution in [-0.2, 0) is 18.9 Å². The van der Waals surface area contributed by atoms with Crippen molar-refractivity contribution in [3.8, 4) is 0 Å². The minimum absolute atomic E-state index is 0.332. The standard InChI is InChI=1S/C34H40N2O4/c1-20-13-22(3)27(23(4)14-20)17-35-30-31(36-18-28-24(5)15-21(2)16-25(28)6)34(37-7)39-29-19-38-33(40-32(29)30)26-11-9-8-10-12-26/h8-18,29-34H,19H2,1-7H3/t29-,30-,31+,32-,33?,34+/m1/s1. The number of benzene rings is 3. The highest BCUT2D eigenvalue weighted by Gasteiger charge is 2.50. The van der Waals surface area contributed by atoms with Crippen molar-refractivity contribution < 1.29 is 18.9 Å². The first-order valence-electron chi connectivity index (χ1n) is 14.0. The molecule has 0 aromatic heterocycles. The number of aryl methyl sites for hydroxylation is 6. The molecule has 2 aliphatic heterocycles. The molecule has 0 N–H and O–H groups in total. The molecule has 0 aliphatic carbocycles. The van der Waals surface area contributed by atoms with Crippen LogP contribution in [0, 0.1) is 41.5 Å². The van der Waals surface area contributed by atoms with Crippen molar-refractivity contribution in [2.75, 3.05) is 13.7 Å². The molecule has 2 aliphatic rings. The molecule has 6 nitrogen and oxygen atoms in total. The van der Waals surface area contributed by atoms with Crippen LogP contribution >= 0.6 is 0 Å². The van der Waals surface area contributed by atoms with Crippen molar-refractivity contribution in [3.63, 3.8) is 0 Å². The van der Waals surface area contributed by atoms with Crippen LogP contribution in [0.1, 0.15) is 56.4 Å². The molecule has 3 aromatic carbocycles. The second kappa shape index (κ2) is 12.1. The van der Waals surface area contributed by atoms with Crippen molar-refractivity contribution in [2.45, 2.75) is 78.4 Å². The lowest BCUT2D eigenvalue weighted by Crippen LogP contribution is -2.61. The minimum Gasteiger partial charge on any atom is -0.354 e. The van der Waals surface area contributed by atoms with E-state index in [0.717, 1.165) is 16.7 Å². The largest absolute Gasteiger partial charge is 0.354 e. The molecule has 40 heavy (non-hydrogen) atoms. The van der Waals surface area contributed by atoms with E-state index >= 15 is 0 Å². The van der Waals surface area contributed by atoms with E-state index in [1.165, 1.54) is 33.4 Å². The Kier molecular flexibility index (Phi) is 8.62. The first kappa shape index (κ1) is 28.4. The first-order chi connectivity index (χ1) is 19.2. The summed E-state index contributed by atoms with van der Waals surface area (Å²) in [6.07, 6.45) is 2.13. The topological polar surface area (TPSA) is 61.6 Å². The lowest BCUT2D eigenvalue weighted by molar-refractivity contribution is -0.320. The average molecular weight is 541 g/mol. The summed E-state index contributed by atoms with van der Waals surface area (Å²) in [6.45, 7) is 13.1. The SMILES string of the molecule is CO[C@H]1O[C@@H]2COC(c3ccccc3)O[C@H]2[C@H](N=Cc2c(C)cc(C)cc2C)[C@@H]1N=Cc1c(C)cc(C)cc1C. The minimum atomic E-state index is -0.591. The monoisotopic (exact) mass is 540 g/mol. The van der Waals surface area contributed by atoms with Crippen LogP contribution in [0.2, 0.25) is 0 Å². The molecular weight excluding hydrogens is 500 g/mol. The van der Waals surface area contributed by atoms with Gasteiger partial charge in [0.1, 0.15) is 24.3 Å². The zero-order valence-electron chi connectivity index (χ0n) is 24.5. The van der Waals surface area contributed by atoms with Crippen molar-refractivity contribution >= 4 is 12.4 Å². The molecular formula is C34H40N2O4. The number of rotatable bonds is 6. The molecule has 0 spiro atoms. The molecule has 2 saturated heterocycles. The maximum Gasteiger partial charge on any atom is 0.184 e. The van der Waals surface area contributed by atoms with Gasteiger partial charge in [0.15, 0.2) is 12.6 Å². The fraction of sp³-hybridized carbons (Fsp3) is 0.412. The zero-order chi connectivity index (χ0) is 28.4. The molecule has 6 heteroatoms. The summed E-state index contributed by atoms with van der Waals surface area (Å²) in [7, 11) is 1.66. The van der Waals surface area contributed by atoms with E-state index in [-0.39, 0.29) is 18.2 Å². The molecule has 210 valence electrons. The van der Waals surface area contributed by atoms with E-state index in [1.807, 2.05) is 42.8 Å². The lowest BCUT2D eigenvalue weighted by Gasteiger charge is -2.46. The van der Waals surface area contributed by atoms with Crippen LogP contribution in [0.5, 0.6) is 0 Å². The average Bonchev–Trinajstić information content (AvgIpc) is 2.92. The van der Waals surface area contributed by atoms with Crippen molar-refractivity contribution in [3.05, 3.63) is 105 Å². The summed E-state index contributed by atoms with van der Waals surface area (Å²) in [5.41, 5.74) is 10.4. The van der Waals surface area contributed by atoms with Gasteiger partial charge in [0.2, 0.25) is 0 Å². The Morgan fingerprint density at radius 3 is 1.77 bits per heavy atom. The summed E-state index contributed by atoms with van der Waals surface area (Å²) in [6, 6.07) is 18.0. The smallest absolute Gasteiger partial charge is 0.184 e. The third-order valence-electron chi connectivity index (χ3n) is 7.86. The quantitative estimate of drug-likeness (QED) is 0.345. The van der Waals surface area contributed by atoms with Crippen LogP contribution in [0.4, 0.5) is 0 Å². The molecule has 0 saturated carbocycles. The number of aliphatic imine (C=N–C) groups is 2. The van der Waals surface area contributed by atoms with E-state index in [4.69, 9.17) is 28.9 Å². The predicted molar refractivity (Wildman–Crippen MR) is 160 cm³/mol. The fourth-order valence-corrected chi connectivity index (χ4v) is 5.99. The summed E-state index contributed by atoms with van der Waals surface area (Å²) >= 11 is 0. The van der Waals surface area contributed by atoms with Gasteiger partial charge in [0.05, 0.1) is 6.61 Å². The third kappa shape index (κ3) is 5.96. The second-order valence-corrected chi connectivity index (χ2v) is 11.1. The van der Waals surface area contributed by atoms with Crippen LogP contribution in [0.3, 0.4) is 0 Å². The Bertz CT molecular complexity index is 1350. The van der Waals surface area contributed by atoms with E-state index in [1.54, 1.807) is 7.11 Å². The molecule has 5 rings (SSSR count). The van der Waals surface area contributed by atoms with E-state index < -0.39 is 18.6 Å². The molecule has 0 bridgehead atoms. The highest BCUT2D eigenvalue weighted by molar-refractivity contribution is 5.85. The Labute approximate surface area is 238 Å². The summed E-state index contributed by atoms with van der Waals surface area (Å²) in [5, 5.41) is 0. The van der Waals surface area contributed by atoms with Crippen LogP contribution in [0.15, 0.2) is 64.6 Å². The normalized spacial score (nSPS) is 26.9. The molecule has 2 heterocycles. The molecule has 0 amide bonds. The number of hydrogen-bond acceptors (Lipinski definition) is 6. The van der Waals surface area contributed by atoms with E-state index in [2.05, 4.69) is 65.8 Å². The Morgan fingerprint density at radius 2 is 1.25 bits per heavy atom. The zero-order valence-corrected chi connectivity index (χ0v) is 24.5. The molecule has 6 atom stereocenters. The van der Waals surface area contributed by atoms with Crippen LogP contribution in [-0.4, -0.2) is 56.7 Å². The highest BCUT2D eigenvalue weighted by Crippen LogP contribution is 2.37. The number of ether oxygens (including phenoxy) is 4. The number of methoxy groups -OCH3 is 1. The number of hydrogen-bond donors (Lipinski definition) is 0.